The number of hydrogen-bond acceptors (Lipinski definition) is 2. The molecule has 0 saturated carbocycles. The molecule has 9 rings (SSSR count). The molecule has 260 valence electrons. The Balaban J connectivity index is 1.05. The molecule has 2 atom stereocenters. The largest absolute Gasteiger partial charge is 0.339 e. The standard InChI is InChI=1S/C51H46N2/c1-35-22-32-43(39-25-23-38(24-26-39)40-29-33-48-46(34-40)44-18-11-12-20-47(44)53(48)51(2,3)4)45-19-13-21-49(50(35)45)52(41-16-9-6-10-17-41)42-30-27-37(28-31-42)36-14-7-5-8-15-36/h5-21,23-33,35,46H,22,34H2,1-4H3. The molecule has 0 fully saturated rings. The highest BCUT2D eigenvalue weighted by Crippen LogP contribution is 2.52. The van der Waals surface area contributed by atoms with Crippen LogP contribution in [0.3, 0.4) is 0 Å². The number of benzene rings is 6. The van der Waals surface area contributed by atoms with E-state index in [2.05, 4.69) is 207 Å². The molecule has 0 saturated heterocycles. The second kappa shape index (κ2) is 13.3. The first-order chi connectivity index (χ1) is 25.8. The Labute approximate surface area is 315 Å². The van der Waals surface area contributed by atoms with Crippen LogP contribution in [0.2, 0.25) is 0 Å². The molecule has 0 spiro atoms. The fraction of sp³-hybridized carbons (Fsp3) is 0.176. The summed E-state index contributed by atoms with van der Waals surface area (Å²) < 4.78 is 0. The Hall–Kier alpha value is -5.86. The zero-order chi connectivity index (χ0) is 36.1. The monoisotopic (exact) mass is 686 g/mol. The molecule has 53 heavy (non-hydrogen) atoms. The van der Waals surface area contributed by atoms with Crippen molar-refractivity contribution >= 4 is 33.9 Å². The fourth-order valence-corrected chi connectivity index (χ4v) is 8.88. The van der Waals surface area contributed by atoms with Gasteiger partial charge in [0, 0.05) is 34.2 Å². The summed E-state index contributed by atoms with van der Waals surface area (Å²) in [7, 11) is 0. The fourth-order valence-electron chi connectivity index (χ4n) is 8.88. The minimum absolute atomic E-state index is 0.0240. The Kier molecular flexibility index (Phi) is 8.27. The van der Waals surface area contributed by atoms with Gasteiger partial charge in [0.2, 0.25) is 0 Å². The number of rotatable bonds is 6. The van der Waals surface area contributed by atoms with Crippen LogP contribution in [0.5, 0.6) is 0 Å². The van der Waals surface area contributed by atoms with Crippen LogP contribution in [-0.4, -0.2) is 5.54 Å². The third-order valence-electron chi connectivity index (χ3n) is 11.3. The van der Waals surface area contributed by atoms with Gasteiger partial charge in [-0.05, 0) is 132 Å². The van der Waals surface area contributed by atoms with E-state index in [9.17, 15) is 0 Å². The summed E-state index contributed by atoms with van der Waals surface area (Å²) in [5, 5.41) is 0. The van der Waals surface area contributed by atoms with Gasteiger partial charge in [-0.25, -0.2) is 0 Å². The first-order valence-corrected chi connectivity index (χ1v) is 19.1. The van der Waals surface area contributed by atoms with E-state index in [-0.39, 0.29) is 5.54 Å². The van der Waals surface area contributed by atoms with Crippen LogP contribution < -0.4 is 9.80 Å². The molecule has 6 aromatic carbocycles. The van der Waals surface area contributed by atoms with Crippen molar-refractivity contribution in [3.05, 3.63) is 203 Å². The van der Waals surface area contributed by atoms with Crippen molar-refractivity contribution in [2.45, 2.75) is 57.9 Å². The van der Waals surface area contributed by atoms with Gasteiger partial charge in [-0.15, -0.1) is 0 Å². The molecule has 0 amide bonds. The van der Waals surface area contributed by atoms with Crippen LogP contribution in [0, 0.1) is 0 Å². The number of allylic oxidation sites excluding steroid dienone is 5. The van der Waals surface area contributed by atoms with Crippen LogP contribution in [0.25, 0.3) is 22.3 Å². The lowest BCUT2D eigenvalue weighted by Gasteiger charge is -2.37. The maximum Gasteiger partial charge on any atom is 0.0502 e. The second-order valence-electron chi connectivity index (χ2n) is 15.8. The lowest BCUT2D eigenvalue weighted by molar-refractivity contribution is 0.537. The van der Waals surface area contributed by atoms with E-state index in [0.717, 1.165) is 24.2 Å². The molecular formula is C51H46N2. The highest BCUT2D eigenvalue weighted by atomic mass is 15.2. The first kappa shape index (κ1) is 33.0. The number of para-hydroxylation sites is 2. The SMILES string of the molecule is CC1CC=C(c2ccc(C3=CC=C4C(C3)c3ccccc3N4C(C)(C)C)cc2)c2cccc(N(c3ccccc3)c3ccc(-c4ccccc4)cc3)c21. The third-order valence-corrected chi connectivity index (χ3v) is 11.3. The van der Waals surface area contributed by atoms with Crippen LogP contribution in [0.15, 0.2) is 176 Å². The lowest BCUT2D eigenvalue weighted by Crippen LogP contribution is -2.39. The van der Waals surface area contributed by atoms with E-state index in [4.69, 9.17) is 0 Å². The van der Waals surface area contributed by atoms with Gasteiger partial charge in [-0.1, -0.05) is 134 Å². The highest BCUT2D eigenvalue weighted by Gasteiger charge is 2.40. The zero-order valence-corrected chi connectivity index (χ0v) is 31.1. The number of nitrogens with zero attached hydrogens (tertiary/aromatic N) is 2. The van der Waals surface area contributed by atoms with Crippen molar-refractivity contribution < 1.29 is 0 Å². The number of hydrogen-bond donors (Lipinski definition) is 0. The van der Waals surface area contributed by atoms with Crippen LogP contribution >= 0.6 is 0 Å². The van der Waals surface area contributed by atoms with Gasteiger partial charge in [-0.3, -0.25) is 0 Å². The molecule has 3 aliphatic rings. The average molecular weight is 687 g/mol. The van der Waals surface area contributed by atoms with Crippen molar-refractivity contribution in [1.82, 2.24) is 0 Å². The molecule has 1 heterocycles. The minimum Gasteiger partial charge on any atom is -0.339 e. The van der Waals surface area contributed by atoms with E-state index in [0.29, 0.717) is 11.8 Å². The van der Waals surface area contributed by atoms with Gasteiger partial charge >= 0.3 is 0 Å². The maximum atomic E-state index is 2.55. The molecule has 6 aromatic rings. The minimum atomic E-state index is 0.0240. The van der Waals surface area contributed by atoms with Crippen molar-refractivity contribution in [2.24, 2.45) is 0 Å². The van der Waals surface area contributed by atoms with E-state index < -0.39 is 0 Å². The Morgan fingerprint density at radius 1 is 0.585 bits per heavy atom. The molecule has 2 unspecified atom stereocenters. The summed E-state index contributed by atoms with van der Waals surface area (Å²) in [5.41, 5.74) is 18.3. The smallest absolute Gasteiger partial charge is 0.0502 e. The van der Waals surface area contributed by atoms with Gasteiger partial charge in [0.05, 0.1) is 5.69 Å². The summed E-state index contributed by atoms with van der Waals surface area (Å²) in [6, 6.07) is 55.7. The van der Waals surface area contributed by atoms with Crippen LogP contribution in [0.4, 0.5) is 22.7 Å². The highest BCUT2D eigenvalue weighted by molar-refractivity contribution is 5.90. The Morgan fingerprint density at radius 3 is 1.94 bits per heavy atom. The molecule has 0 bridgehead atoms. The predicted molar refractivity (Wildman–Crippen MR) is 225 cm³/mol. The third kappa shape index (κ3) is 5.93. The van der Waals surface area contributed by atoms with Crippen LogP contribution in [0.1, 0.15) is 80.2 Å². The van der Waals surface area contributed by atoms with Crippen molar-refractivity contribution in [1.29, 1.82) is 0 Å². The summed E-state index contributed by atoms with van der Waals surface area (Å²) in [6.45, 7) is 9.32. The van der Waals surface area contributed by atoms with Gasteiger partial charge in [0.1, 0.15) is 0 Å². The summed E-state index contributed by atoms with van der Waals surface area (Å²) in [4.78, 5) is 4.99. The second-order valence-corrected chi connectivity index (χ2v) is 15.8. The molecule has 2 nitrogen and oxygen atoms in total. The molecule has 2 aliphatic carbocycles. The van der Waals surface area contributed by atoms with Gasteiger partial charge in [0.15, 0.2) is 0 Å². The summed E-state index contributed by atoms with van der Waals surface area (Å²) >= 11 is 0. The van der Waals surface area contributed by atoms with Crippen molar-refractivity contribution in [2.75, 3.05) is 9.80 Å². The Bertz CT molecular complexity index is 2370. The summed E-state index contributed by atoms with van der Waals surface area (Å²) in [6.07, 6.45) is 9.21. The zero-order valence-electron chi connectivity index (χ0n) is 31.1. The first-order valence-electron chi connectivity index (χ1n) is 19.1. The van der Waals surface area contributed by atoms with E-state index in [1.54, 1.807) is 0 Å². The lowest BCUT2D eigenvalue weighted by atomic mass is 9.79. The maximum absolute atomic E-state index is 2.55. The molecule has 2 heteroatoms. The van der Waals surface area contributed by atoms with Gasteiger partial charge in [-0.2, -0.15) is 0 Å². The van der Waals surface area contributed by atoms with Gasteiger partial charge in [0.25, 0.3) is 0 Å². The quantitative estimate of drug-likeness (QED) is 0.172. The Morgan fingerprint density at radius 2 is 1.21 bits per heavy atom. The summed E-state index contributed by atoms with van der Waals surface area (Å²) in [5.74, 6) is 0.773. The van der Waals surface area contributed by atoms with E-state index in [1.165, 1.54) is 67.2 Å². The van der Waals surface area contributed by atoms with Crippen LogP contribution in [-0.2, 0) is 0 Å². The van der Waals surface area contributed by atoms with E-state index >= 15 is 0 Å². The topological polar surface area (TPSA) is 6.48 Å². The molecular weight excluding hydrogens is 641 g/mol. The molecule has 0 N–H and O–H groups in total. The number of anilines is 4. The predicted octanol–water partition coefficient (Wildman–Crippen LogP) is 13.8. The molecule has 0 radical (unpaired) electrons. The average Bonchev–Trinajstić information content (AvgIpc) is 3.54. The number of fused-ring (bicyclic) bond motifs is 4. The van der Waals surface area contributed by atoms with Crippen molar-refractivity contribution in [3.63, 3.8) is 0 Å². The molecule has 1 aliphatic heterocycles. The molecule has 0 aromatic heterocycles. The van der Waals surface area contributed by atoms with Crippen molar-refractivity contribution in [3.8, 4) is 11.1 Å². The van der Waals surface area contributed by atoms with Gasteiger partial charge < -0.3 is 9.80 Å². The van der Waals surface area contributed by atoms with E-state index in [1.807, 2.05) is 0 Å². The normalized spacial score (nSPS) is 17.6.